The van der Waals surface area contributed by atoms with Crippen molar-refractivity contribution in [3.8, 4) is 67.5 Å². The first kappa shape index (κ1) is 31.4. The highest BCUT2D eigenvalue weighted by molar-refractivity contribution is 6.04. The van der Waals surface area contributed by atoms with E-state index in [0.717, 1.165) is 88.9 Å². The molecule has 0 spiro atoms. The Bertz CT molecular complexity index is 2900. The summed E-state index contributed by atoms with van der Waals surface area (Å²) in [5, 5.41) is 4.49. The Morgan fingerprint density at radius 1 is 0.222 bits per heavy atom. The molecule has 3 heterocycles. The minimum Gasteiger partial charge on any atom is -0.245 e. The minimum atomic E-state index is 0.715. The summed E-state index contributed by atoms with van der Waals surface area (Å²) in [6, 6.07) is 67.5. The normalized spacial score (nSPS) is 11.3. The van der Waals surface area contributed by atoms with E-state index < -0.39 is 0 Å². The Morgan fingerprint density at radius 2 is 0.611 bits per heavy atom. The molecule has 54 heavy (non-hydrogen) atoms. The largest absolute Gasteiger partial charge is 0.245 e. The third-order valence-electron chi connectivity index (χ3n) is 10.1. The van der Waals surface area contributed by atoms with Gasteiger partial charge >= 0.3 is 0 Å². The monoisotopic (exact) mass is 688 g/mol. The van der Waals surface area contributed by atoms with Crippen molar-refractivity contribution in [2.45, 2.75) is 0 Å². The van der Waals surface area contributed by atoms with Crippen molar-refractivity contribution in [3.63, 3.8) is 0 Å². The summed E-state index contributed by atoms with van der Waals surface area (Å²) in [5.74, 6) is 0.715. The van der Waals surface area contributed by atoms with Crippen LogP contribution in [0.3, 0.4) is 0 Å². The molecule has 0 N–H and O–H groups in total. The van der Waals surface area contributed by atoms with Gasteiger partial charge in [0.15, 0.2) is 5.82 Å². The van der Waals surface area contributed by atoms with E-state index in [4.69, 9.17) is 19.9 Å². The molecule has 0 aliphatic carbocycles. The molecule has 0 aliphatic rings. The molecular formula is C50H32N4. The zero-order chi connectivity index (χ0) is 35.8. The van der Waals surface area contributed by atoms with Crippen LogP contribution in [-0.2, 0) is 0 Å². The molecule has 0 saturated carbocycles. The van der Waals surface area contributed by atoms with Crippen molar-refractivity contribution in [1.29, 1.82) is 0 Å². The lowest BCUT2D eigenvalue weighted by atomic mass is 9.97. The summed E-state index contributed by atoms with van der Waals surface area (Å²) >= 11 is 0. The number of benzene rings is 7. The maximum Gasteiger partial charge on any atom is 0.160 e. The van der Waals surface area contributed by atoms with E-state index in [1.54, 1.807) is 0 Å². The molecule has 7 aromatic carbocycles. The van der Waals surface area contributed by atoms with E-state index in [-0.39, 0.29) is 0 Å². The van der Waals surface area contributed by atoms with Crippen molar-refractivity contribution in [3.05, 3.63) is 194 Å². The number of fused-ring (bicyclic) bond motifs is 4. The Balaban J connectivity index is 0.961. The number of rotatable bonds is 6. The summed E-state index contributed by atoms with van der Waals surface area (Å²) < 4.78 is 0. The predicted molar refractivity (Wildman–Crippen MR) is 223 cm³/mol. The third kappa shape index (κ3) is 5.96. The maximum atomic E-state index is 5.16. The fourth-order valence-electron chi connectivity index (χ4n) is 7.18. The Kier molecular flexibility index (Phi) is 7.77. The van der Waals surface area contributed by atoms with Gasteiger partial charge in [0, 0.05) is 38.6 Å². The Morgan fingerprint density at radius 3 is 1.19 bits per heavy atom. The first-order chi connectivity index (χ1) is 26.7. The van der Waals surface area contributed by atoms with Crippen LogP contribution in [0.2, 0.25) is 0 Å². The highest BCUT2D eigenvalue weighted by atomic mass is 14.9. The van der Waals surface area contributed by atoms with Gasteiger partial charge in [-0.15, -0.1) is 0 Å². The lowest BCUT2D eigenvalue weighted by Crippen LogP contribution is -1.95. The van der Waals surface area contributed by atoms with Crippen LogP contribution >= 0.6 is 0 Å². The van der Waals surface area contributed by atoms with Gasteiger partial charge in [0.05, 0.1) is 33.8 Å². The van der Waals surface area contributed by atoms with Gasteiger partial charge in [0.1, 0.15) is 0 Å². The fourth-order valence-corrected chi connectivity index (χ4v) is 7.18. The molecule has 252 valence electrons. The van der Waals surface area contributed by atoms with Crippen LogP contribution in [0.25, 0.3) is 100 Å². The lowest BCUT2D eigenvalue weighted by molar-refractivity contribution is 1.18. The Labute approximate surface area is 313 Å². The zero-order valence-electron chi connectivity index (χ0n) is 29.3. The van der Waals surface area contributed by atoms with E-state index in [0.29, 0.717) is 5.82 Å². The van der Waals surface area contributed by atoms with Crippen LogP contribution in [0.4, 0.5) is 0 Å². The Hall–Kier alpha value is -7.30. The molecule has 0 fully saturated rings. The number of pyridine rings is 2. The van der Waals surface area contributed by atoms with Crippen LogP contribution < -0.4 is 0 Å². The van der Waals surface area contributed by atoms with Crippen molar-refractivity contribution < 1.29 is 0 Å². The summed E-state index contributed by atoms with van der Waals surface area (Å²) in [6.07, 6.45) is 0. The van der Waals surface area contributed by atoms with Gasteiger partial charge < -0.3 is 0 Å². The molecule has 0 bridgehead atoms. The first-order valence-electron chi connectivity index (χ1n) is 18.1. The molecule has 4 nitrogen and oxygen atoms in total. The number of hydrogen-bond donors (Lipinski definition) is 0. The van der Waals surface area contributed by atoms with Gasteiger partial charge in [-0.3, -0.25) is 0 Å². The van der Waals surface area contributed by atoms with Crippen molar-refractivity contribution >= 4 is 32.6 Å². The van der Waals surface area contributed by atoms with E-state index in [1.807, 2.05) is 54.6 Å². The van der Waals surface area contributed by atoms with Crippen LogP contribution in [0.1, 0.15) is 0 Å². The first-order valence-corrected chi connectivity index (χ1v) is 18.1. The highest BCUT2D eigenvalue weighted by Crippen LogP contribution is 2.33. The summed E-state index contributed by atoms with van der Waals surface area (Å²) in [5.41, 5.74) is 13.1. The molecule has 4 heteroatoms. The van der Waals surface area contributed by atoms with Gasteiger partial charge in [-0.2, -0.15) is 0 Å². The van der Waals surface area contributed by atoms with Gasteiger partial charge in [0.2, 0.25) is 0 Å². The van der Waals surface area contributed by atoms with Crippen LogP contribution in [-0.4, -0.2) is 19.9 Å². The highest BCUT2D eigenvalue weighted by Gasteiger charge is 2.13. The molecule has 0 aliphatic heterocycles. The number of hydrogen-bond acceptors (Lipinski definition) is 4. The molecular weight excluding hydrogens is 657 g/mol. The second-order valence-electron chi connectivity index (χ2n) is 13.5. The summed E-state index contributed by atoms with van der Waals surface area (Å²) in [4.78, 5) is 20.2. The van der Waals surface area contributed by atoms with Crippen LogP contribution in [0.15, 0.2) is 194 Å². The van der Waals surface area contributed by atoms with Gasteiger partial charge in [0.25, 0.3) is 0 Å². The van der Waals surface area contributed by atoms with Crippen LogP contribution in [0, 0.1) is 0 Å². The molecule has 0 saturated heterocycles. The average molecular weight is 689 g/mol. The van der Waals surface area contributed by atoms with E-state index in [1.165, 1.54) is 5.39 Å². The zero-order valence-corrected chi connectivity index (χ0v) is 29.3. The van der Waals surface area contributed by atoms with Gasteiger partial charge in [-0.05, 0) is 52.2 Å². The molecule has 0 unspecified atom stereocenters. The van der Waals surface area contributed by atoms with Crippen molar-refractivity contribution in [1.82, 2.24) is 19.9 Å². The van der Waals surface area contributed by atoms with E-state index in [2.05, 4.69) is 140 Å². The molecule has 10 aromatic rings. The molecule has 10 rings (SSSR count). The topological polar surface area (TPSA) is 51.6 Å². The molecule has 0 radical (unpaired) electrons. The van der Waals surface area contributed by atoms with E-state index in [9.17, 15) is 0 Å². The summed E-state index contributed by atoms with van der Waals surface area (Å²) in [6.45, 7) is 0. The minimum absolute atomic E-state index is 0.715. The summed E-state index contributed by atoms with van der Waals surface area (Å²) in [7, 11) is 0. The molecule has 0 amide bonds. The number of aromatic nitrogens is 4. The SMILES string of the molecule is c1ccc(-c2cc(-c3ccc4cc(-c5ccc(-c6ccc7ccc8ccc(-c9ccccc9)nc8c7n6)cc5)ccc4c3)nc(-c3ccccc3)n2)cc1. The van der Waals surface area contributed by atoms with Gasteiger partial charge in [-0.1, -0.05) is 164 Å². The van der Waals surface area contributed by atoms with Crippen LogP contribution in [0.5, 0.6) is 0 Å². The fraction of sp³-hybridized carbons (Fsp3) is 0. The predicted octanol–water partition coefficient (Wildman–Crippen LogP) is 12.7. The quantitative estimate of drug-likeness (QED) is 0.163. The standard InChI is InChI=1S/C50H32N4/c1-4-10-34(11-5-1)44-28-26-37-20-21-38-27-29-45(52-49(38)48(37)51-44)36-18-16-33(17-19-36)40-22-23-42-31-43(25-24-41(42)30-40)47-32-46(35-12-6-2-7-13-35)53-50(54-47)39-14-8-3-9-15-39/h1-32H. The van der Waals surface area contributed by atoms with Crippen molar-refractivity contribution in [2.75, 3.05) is 0 Å². The molecule has 0 atom stereocenters. The van der Waals surface area contributed by atoms with E-state index >= 15 is 0 Å². The smallest absolute Gasteiger partial charge is 0.160 e. The second kappa shape index (κ2) is 13.4. The lowest BCUT2D eigenvalue weighted by Gasteiger charge is -2.11. The third-order valence-corrected chi connectivity index (χ3v) is 10.1. The van der Waals surface area contributed by atoms with Crippen molar-refractivity contribution in [2.24, 2.45) is 0 Å². The second-order valence-corrected chi connectivity index (χ2v) is 13.5. The van der Waals surface area contributed by atoms with Gasteiger partial charge in [-0.25, -0.2) is 19.9 Å². The average Bonchev–Trinajstić information content (AvgIpc) is 3.26. The number of nitrogens with zero attached hydrogens (tertiary/aromatic N) is 4. The maximum absolute atomic E-state index is 5.16. The molecule has 3 aromatic heterocycles.